The van der Waals surface area contributed by atoms with Gasteiger partial charge in [-0.1, -0.05) is 30.7 Å². The van der Waals surface area contributed by atoms with E-state index in [1.165, 1.54) is 0 Å². The number of aromatic carboxylic acids is 1. The van der Waals surface area contributed by atoms with Gasteiger partial charge < -0.3 is 5.11 Å². The molecule has 0 saturated carbocycles. The van der Waals surface area contributed by atoms with Gasteiger partial charge in [-0.15, -0.1) is 0 Å². The lowest BCUT2D eigenvalue weighted by atomic mass is 10.1. The van der Waals surface area contributed by atoms with Crippen LogP contribution in [0.3, 0.4) is 0 Å². The summed E-state index contributed by atoms with van der Waals surface area (Å²) in [7, 11) is 0. The maximum atomic E-state index is 10.8. The van der Waals surface area contributed by atoms with Crippen LogP contribution in [0.25, 0.3) is 11.4 Å². The Kier molecular flexibility index (Phi) is 6.08. The number of carbonyl (C=O) groups is 1. The molecule has 6 nitrogen and oxygen atoms in total. The van der Waals surface area contributed by atoms with Crippen molar-refractivity contribution < 1.29 is 14.6 Å². The normalized spacial score (nSPS) is 9.75. The Labute approximate surface area is 140 Å². The van der Waals surface area contributed by atoms with Crippen LogP contribution in [0.4, 0.5) is 0 Å². The van der Waals surface area contributed by atoms with E-state index in [4.69, 9.17) is 5.11 Å². The zero-order valence-corrected chi connectivity index (χ0v) is 13.6. The molecule has 0 atom stereocenters. The number of nitrogens with zero attached hydrogens (tertiary/aromatic N) is 4. The molecular formula is C18H19N4O2+. The van der Waals surface area contributed by atoms with Crippen LogP contribution in [0, 0.1) is 0 Å². The predicted molar refractivity (Wildman–Crippen MR) is 89.3 cm³/mol. The first kappa shape index (κ1) is 17.2. The van der Waals surface area contributed by atoms with Crippen molar-refractivity contribution in [3.05, 3.63) is 72.3 Å². The molecule has 0 aliphatic heterocycles. The van der Waals surface area contributed by atoms with Crippen LogP contribution in [-0.2, 0) is 6.54 Å². The number of carboxylic acid groups (broad SMARTS) is 1. The van der Waals surface area contributed by atoms with Crippen LogP contribution < -0.4 is 4.68 Å². The summed E-state index contributed by atoms with van der Waals surface area (Å²) in [5.41, 5.74) is 2.10. The Morgan fingerprint density at radius 3 is 2.29 bits per heavy atom. The number of rotatable bonds is 4. The maximum absolute atomic E-state index is 10.8. The van der Waals surface area contributed by atoms with E-state index < -0.39 is 5.97 Å². The molecule has 0 saturated heterocycles. The van der Waals surface area contributed by atoms with Gasteiger partial charge in [-0.05, 0) is 23.3 Å². The van der Waals surface area contributed by atoms with E-state index in [-0.39, 0.29) is 5.56 Å². The second-order valence-electron chi connectivity index (χ2n) is 4.69. The minimum absolute atomic E-state index is 0.276. The summed E-state index contributed by atoms with van der Waals surface area (Å²) in [4.78, 5) is 19.2. The molecule has 0 aliphatic carbocycles. The largest absolute Gasteiger partial charge is 0.478 e. The summed E-state index contributed by atoms with van der Waals surface area (Å²) < 4.78 is 1.77. The van der Waals surface area contributed by atoms with Gasteiger partial charge in [0, 0.05) is 29.6 Å². The Balaban J connectivity index is 0.00000100. The van der Waals surface area contributed by atoms with Gasteiger partial charge in [-0.3, -0.25) is 0 Å². The Hall–Kier alpha value is -3.15. The highest BCUT2D eigenvalue weighted by molar-refractivity contribution is 5.87. The average Bonchev–Trinajstić information content (AvgIpc) is 2.65. The minimum atomic E-state index is -0.926. The van der Waals surface area contributed by atoms with E-state index >= 15 is 0 Å². The van der Waals surface area contributed by atoms with E-state index in [1.807, 2.05) is 26.1 Å². The lowest BCUT2D eigenvalue weighted by Gasteiger charge is -1.99. The lowest BCUT2D eigenvalue weighted by Crippen LogP contribution is -2.37. The van der Waals surface area contributed by atoms with Crippen molar-refractivity contribution in [2.45, 2.75) is 20.4 Å². The third-order valence-corrected chi connectivity index (χ3v) is 3.14. The fourth-order valence-corrected chi connectivity index (χ4v) is 2.00. The molecular weight excluding hydrogens is 304 g/mol. The molecule has 6 heteroatoms. The molecule has 3 rings (SSSR count). The highest BCUT2D eigenvalue weighted by Crippen LogP contribution is 2.09. The standard InChI is InChI=1S/C16H12N4O2.C2H6/c21-16(22)13-4-2-12(3-5-13)11-20-9-6-14(10-19-20)15-17-7-1-8-18-15;1-2/h1-10H,11H2;1-2H3/p+1. The fourth-order valence-electron chi connectivity index (χ4n) is 2.00. The van der Waals surface area contributed by atoms with Crippen molar-refractivity contribution in [3.63, 3.8) is 0 Å². The van der Waals surface area contributed by atoms with Gasteiger partial charge in [-0.25, -0.2) is 14.8 Å². The van der Waals surface area contributed by atoms with Crippen LogP contribution in [-0.4, -0.2) is 26.1 Å². The molecule has 0 fully saturated rings. The number of hydrogen-bond donors (Lipinski definition) is 1. The molecule has 0 radical (unpaired) electrons. The minimum Gasteiger partial charge on any atom is -0.478 e. The maximum Gasteiger partial charge on any atom is 0.335 e. The SMILES string of the molecule is CC.O=C(O)c1ccc(C[n+]2ccc(-c3ncccn3)cn2)cc1. The average molecular weight is 323 g/mol. The predicted octanol–water partition coefficient (Wildman–Crippen LogP) is 2.60. The number of aromatic nitrogens is 4. The molecule has 2 aromatic heterocycles. The highest BCUT2D eigenvalue weighted by atomic mass is 16.4. The van der Waals surface area contributed by atoms with Crippen molar-refractivity contribution in [1.29, 1.82) is 0 Å². The molecule has 0 spiro atoms. The first-order valence-electron chi connectivity index (χ1n) is 7.68. The molecule has 1 aromatic carbocycles. The Bertz CT molecular complexity index is 772. The zero-order chi connectivity index (χ0) is 17.4. The van der Waals surface area contributed by atoms with Gasteiger partial charge in [0.1, 0.15) is 6.20 Å². The smallest absolute Gasteiger partial charge is 0.335 e. The Morgan fingerprint density at radius 2 is 1.75 bits per heavy atom. The molecule has 1 N–H and O–H groups in total. The summed E-state index contributed by atoms with van der Waals surface area (Å²) in [6, 6.07) is 10.4. The van der Waals surface area contributed by atoms with Crippen LogP contribution in [0.2, 0.25) is 0 Å². The monoisotopic (exact) mass is 323 g/mol. The van der Waals surface area contributed by atoms with Gasteiger partial charge in [-0.2, -0.15) is 0 Å². The molecule has 0 unspecified atom stereocenters. The molecule has 0 bridgehead atoms. The van der Waals surface area contributed by atoms with E-state index in [0.29, 0.717) is 12.4 Å². The van der Waals surface area contributed by atoms with Crippen LogP contribution in [0.15, 0.2) is 61.2 Å². The van der Waals surface area contributed by atoms with Gasteiger partial charge in [0.2, 0.25) is 0 Å². The lowest BCUT2D eigenvalue weighted by molar-refractivity contribution is -0.746. The van der Waals surface area contributed by atoms with Gasteiger partial charge in [0.05, 0.1) is 5.56 Å². The third-order valence-electron chi connectivity index (χ3n) is 3.14. The first-order valence-corrected chi connectivity index (χ1v) is 7.68. The van der Waals surface area contributed by atoms with E-state index in [9.17, 15) is 4.79 Å². The summed E-state index contributed by atoms with van der Waals surface area (Å²) in [5.74, 6) is -0.294. The van der Waals surface area contributed by atoms with E-state index in [2.05, 4.69) is 15.1 Å². The van der Waals surface area contributed by atoms with Crippen LogP contribution in [0.5, 0.6) is 0 Å². The number of carboxylic acids is 1. The number of hydrogen-bond acceptors (Lipinski definition) is 4. The summed E-state index contributed by atoms with van der Waals surface area (Å²) >= 11 is 0. The molecule has 2 heterocycles. The third kappa shape index (κ3) is 4.42. The van der Waals surface area contributed by atoms with E-state index in [0.717, 1.165) is 11.1 Å². The van der Waals surface area contributed by atoms with E-state index in [1.54, 1.807) is 53.6 Å². The number of benzene rings is 1. The van der Waals surface area contributed by atoms with Crippen molar-refractivity contribution in [2.75, 3.05) is 0 Å². The second kappa shape index (κ2) is 8.47. The first-order chi connectivity index (χ1) is 11.7. The quantitative estimate of drug-likeness (QED) is 0.747. The summed E-state index contributed by atoms with van der Waals surface area (Å²) in [5, 5.41) is 13.2. The fraction of sp³-hybridized carbons (Fsp3) is 0.167. The Morgan fingerprint density at radius 1 is 1.08 bits per heavy atom. The van der Waals surface area contributed by atoms with Crippen LogP contribution >= 0.6 is 0 Å². The van der Waals surface area contributed by atoms with Crippen molar-refractivity contribution in [2.24, 2.45) is 0 Å². The zero-order valence-electron chi connectivity index (χ0n) is 13.6. The molecule has 3 aromatic rings. The summed E-state index contributed by atoms with van der Waals surface area (Å²) in [6.45, 7) is 4.57. The van der Waals surface area contributed by atoms with Gasteiger partial charge in [0.15, 0.2) is 18.6 Å². The van der Waals surface area contributed by atoms with Crippen molar-refractivity contribution >= 4 is 5.97 Å². The van der Waals surface area contributed by atoms with Crippen molar-refractivity contribution in [1.82, 2.24) is 15.1 Å². The second-order valence-corrected chi connectivity index (χ2v) is 4.69. The van der Waals surface area contributed by atoms with Gasteiger partial charge >= 0.3 is 5.97 Å². The summed E-state index contributed by atoms with van der Waals surface area (Å²) in [6.07, 6.45) is 6.93. The van der Waals surface area contributed by atoms with Gasteiger partial charge in [0.25, 0.3) is 0 Å². The van der Waals surface area contributed by atoms with Crippen molar-refractivity contribution in [3.8, 4) is 11.4 Å². The highest BCUT2D eigenvalue weighted by Gasteiger charge is 2.08. The molecule has 0 aliphatic rings. The molecule has 122 valence electrons. The molecule has 24 heavy (non-hydrogen) atoms. The topological polar surface area (TPSA) is 79.9 Å². The molecule has 0 amide bonds. The van der Waals surface area contributed by atoms with Crippen LogP contribution in [0.1, 0.15) is 29.8 Å².